The van der Waals surface area contributed by atoms with E-state index in [0.717, 1.165) is 0 Å². The standard InChI is InChI=1S/C9H10N2O4S/c1-14-7-3-5(9(10)16)6(11(12)13)4-8(7)15-2/h3-4H,1-2H3,(H2,10,16). The Kier molecular flexibility index (Phi) is 3.62. The van der Waals surface area contributed by atoms with Crippen LogP contribution in [-0.2, 0) is 0 Å². The molecule has 7 heteroatoms. The molecule has 0 unspecified atom stereocenters. The van der Waals surface area contributed by atoms with E-state index in [9.17, 15) is 10.1 Å². The molecule has 0 aliphatic rings. The summed E-state index contributed by atoms with van der Waals surface area (Å²) in [6, 6.07) is 2.62. The van der Waals surface area contributed by atoms with E-state index in [1.54, 1.807) is 0 Å². The molecular weight excluding hydrogens is 232 g/mol. The Morgan fingerprint density at radius 3 is 2.25 bits per heavy atom. The van der Waals surface area contributed by atoms with Crippen LogP contribution in [0.1, 0.15) is 5.56 Å². The molecule has 0 spiro atoms. The average molecular weight is 242 g/mol. The third-order valence-electron chi connectivity index (χ3n) is 1.96. The van der Waals surface area contributed by atoms with Gasteiger partial charge in [0.2, 0.25) is 0 Å². The summed E-state index contributed by atoms with van der Waals surface area (Å²) in [7, 11) is 2.81. The fourth-order valence-electron chi connectivity index (χ4n) is 1.22. The number of rotatable bonds is 4. The number of ether oxygens (including phenoxy) is 2. The molecule has 0 amide bonds. The second-order valence-electron chi connectivity index (χ2n) is 2.85. The Bertz CT molecular complexity index is 406. The lowest BCUT2D eigenvalue weighted by Crippen LogP contribution is -2.12. The maximum absolute atomic E-state index is 10.8. The summed E-state index contributed by atoms with van der Waals surface area (Å²) in [4.78, 5) is 10.2. The number of benzene rings is 1. The van der Waals surface area contributed by atoms with E-state index in [2.05, 4.69) is 0 Å². The first kappa shape index (κ1) is 12.2. The van der Waals surface area contributed by atoms with Gasteiger partial charge < -0.3 is 15.2 Å². The summed E-state index contributed by atoms with van der Waals surface area (Å²) in [5.74, 6) is 0.602. The Hall–Kier alpha value is -1.89. The summed E-state index contributed by atoms with van der Waals surface area (Å²) < 4.78 is 9.95. The molecule has 1 aromatic rings. The zero-order chi connectivity index (χ0) is 12.3. The second kappa shape index (κ2) is 4.75. The van der Waals surface area contributed by atoms with Gasteiger partial charge in [0.25, 0.3) is 5.69 Å². The largest absolute Gasteiger partial charge is 0.493 e. The number of nitrogens with zero attached hydrogens (tertiary/aromatic N) is 1. The van der Waals surface area contributed by atoms with Gasteiger partial charge in [-0.05, 0) is 0 Å². The molecule has 1 aromatic carbocycles. The third-order valence-corrected chi connectivity index (χ3v) is 2.18. The van der Waals surface area contributed by atoms with Gasteiger partial charge >= 0.3 is 0 Å². The molecular formula is C9H10N2O4S. The molecule has 0 radical (unpaired) electrons. The molecule has 1 rings (SSSR count). The predicted octanol–water partition coefficient (Wildman–Crippen LogP) is 1.25. The van der Waals surface area contributed by atoms with E-state index in [1.807, 2.05) is 0 Å². The van der Waals surface area contributed by atoms with E-state index >= 15 is 0 Å². The first-order valence-corrected chi connectivity index (χ1v) is 4.62. The molecule has 0 fully saturated rings. The zero-order valence-electron chi connectivity index (χ0n) is 8.72. The van der Waals surface area contributed by atoms with E-state index in [0.29, 0.717) is 5.75 Å². The average Bonchev–Trinajstić information content (AvgIpc) is 2.26. The highest BCUT2D eigenvalue weighted by Crippen LogP contribution is 2.34. The maximum atomic E-state index is 10.8. The van der Waals surface area contributed by atoms with Gasteiger partial charge in [0.15, 0.2) is 11.5 Å². The summed E-state index contributed by atoms with van der Waals surface area (Å²) in [6.45, 7) is 0. The van der Waals surface area contributed by atoms with Crippen LogP contribution in [0.4, 0.5) is 5.69 Å². The molecule has 0 aromatic heterocycles. The molecule has 0 saturated heterocycles. The predicted molar refractivity (Wildman–Crippen MR) is 62.1 cm³/mol. The van der Waals surface area contributed by atoms with Crippen molar-refractivity contribution < 1.29 is 14.4 Å². The molecule has 86 valence electrons. The van der Waals surface area contributed by atoms with E-state index in [1.165, 1.54) is 26.4 Å². The van der Waals surface area contributed by atoms with E-state index in [-0.39, 0.29) is 22.0 Å². The van der Waals surface area contributed by atoms with Crippen LogP contribution in [0.5, 0.6) is 11.5 Å². The SMILES string of the molecule is COc1cc(C(N)=S)c([N+](=O)[O-])cc1OC. The minimum absolute atomic E-state index is 0.0624. The van der Waals surface area contributed by atoms with Crippen LogP contribution >= 0.6 is 12.2 Å². The fraction of sp³-hybridized carbons (Fsp3) is 0.222. The number of thiocarbonyl (C=S) groups is 1. The van der Waals surface area contributed by atoms with Crippen molar-refractivity contribution in [3.05, 3.63) is 27.8 Å². The number of hydrogen-bond donors (Lipinski definition) is 1. The quantitative estimate of drug-likeness (QED) is 0.485. The van der Waals surface area contributed by atoms with Gasteiger partial charge in [0.1, 0.15) is 4.99 Å². The number of methoxy groups -OCH3 is 2. The monoisotopic (exact) mass is 242 g/mol. The molecule has 0 bridgehead atoms. The topological polar surface area (TPSA) is 87.6 Å². The van der Waals surface area contributed by atoms with Gasteiger partial charge in [-0.3, -0.25) is 10.1 Å². The summed E-state index contributed by atoms with van der Waals surface area (Å²) >= 11 is 4.73. The molecule has 0 heterocycles. The summed E-state index contributed by atoms with van der Waals surface area (Å²) in [6.07, 6.45) is 0. The van der Waals surface area contributed by atoms with Gasteiger partial charge in [-0.15, -0.1) is 0 Å². The van der Waals surface area contributed by atoms with Crippen molar-refractivity contribution in [1.82, 2.24) is 0 Å². The van der Waals surface area contributed by atoms with Gasteiger partial charge in [-0.1, -0.05) is 12.2 Å². The first-order valence-electron chi connectivity index (χ1n) is 4.21. The van der Waals surface area contributed by atoms with Crippen molar-refractivity contribution in [2.45, 2.75) is 0 Å². The number of hydrogen-bond acceptors (Lipinski definition) is 5. The van der Waals surface area contributed by atoms with Crippen LogP contribution in [0.15, 0.2) is 12.1 Å². The third kappa shape index (κ3) is 2.19. The maximum Gasteiger partial charge on any atom is 0.283 e. The van der Waals surface area contributed by atoms with Crippen molar-refractivity contribution in [2.75, 3.05) is 14.2 Å². The second-order valence-corrected chi connectivity index (χ2v) is 3.29. The molecule has 16 heavy (non-hydrogen) atoms. The molecule has 6 nitrogen and oxygen atoms in total. The smallest absolute Gasteiger partial charge is 0.283 e. The number of nitro benzene ring substituents is 1. The van der Waals surface area contributed by atoms with Gasteiger partial charge in [-0.2, -0.15) is 0 Å². The lowest BCUT2D eigenvalue weighted by Gasteiger charge is -2.09. The molecule has 0 saturated carbocycles. The molecule has 0 aliphatic heterocycles. The Balaban J connectivity index is 3.47. The van der Waals surface area contributed by atoms with Crippen molar-refractivity contribution in [1.29, 1.82) is 0 Å². The summed E-state index contributed by atoms with van der Waals surface area (Å²) in [5.41, 5.74) is 5.35. The van der Waals surface area contributed by atoms with Crippen LogP contribution in [0.3, 0.4) is 0 Å². The van der Waals surface area contributed by atoms with Gasteiger partial charge in [0, 0.05) is 6.07 Å². The van der Waals surface area contributed by atoms with Crippen LogP contribution in [0.2, 0.25) is 0 Å². The van der Waals surface area contributed by atoms with E-state index in [4.69, 9.17) is 27.4 Å². The number of nitro groups is 1. The summed E-state index contributed by atoms with van der Waals surface area (Å²) in [5, 5.41) is 10.8. The van der Waals surface area contributed by atoms with Crippen LogP contribution in [-0.4, -0.2) is 24.1 Å². The lowest BCUT2D eigenvalue weighted by molar-refractivity contribution is -0.385. The number of nitrogens with two attached hydrogens (primary N) is 1. The highest BCUT2D eigenvalue weighted by Gasteiger charge is 2.20. The van der Waals surface area contributed by atoms with Crippen LogP contribution in [0.25, 0.3) is 0 Å². The molecule has 2 N–H and O–H groups in total. The lowest BCUT2D eigenvalue weighted by atomic mass is 10.1. The molecule has 0 aliphatic carbocycles. The highest BCUT2D eigenvalue weighted by molar-refractivity contribution is 7.80. The fourth-order valence-corrected chi connectivity index (χ4v) is 1.38. The Morgan fingerprint density at radius 1 is 1.38 bits per heavy atom. The van der Waals surface area contributed by atoms with Gasteiger partial charge in [-0.25, -0.2) is 0 Å². The zero-order valence-corrected chi connectivity index (χ0v) is 9.54. The molecule has 0 atom stereocenters. The Morgan fingerprint density at radius 2 is 1.88 bits per heavy atom. The van der Waals surface area contributed by atoms with Crippen LogP contribution in [0, 0.1) is 10.1 Å². The minimum Gasteiger partial charge on any atom is -0.493 e. The van der Waals surface area contributed by atoms with Gasteiger partial charge in [0.05, 0.1) is 30.8 Å². The van der Waals surface area contributed by atoms with Crippen molar-refractivity contribution in [2.24, 2.45) is 5.73 Å². The normalized spacial score (nSPS) is 9.62. The highest BCUT2D eigenvalue weighted by atomic mass is 32.1. The Labute approximate surface area is 97.1 Å². The van der Waals surface area contributed by atoms with E-state index < -0.39 is 4.92 Å². The first-order chi connectivity index (χ1) is 7.51. The van der Waals surface area contributed by atoms with Crippen molar-refractivity contribution >= 4 is 22.9 Å². The van der Waals surface area contributed by atoms with Crippen LogP contribution < -0.4 is 15.2 Å². The van der Waals surface area contributed by atoms with Crippen molar-refractivity contribution in [3.63, 3.8) is 0 Å². The van der Waals surface area contributed by atoms with Crippen molar-refractivity contribution in [3.8, 4) is 11.5 Å². The minimum atomic E-state index is -0.573.